The topological polar surface area (TPSA) is 20.2 Å². The molecule has 0 aliphatic rings. The zero-order valence-corrected chi connectivity index (χ0v) is 8.40. The molecule has 1 heteroatoms. The lowest BCUT2D eigenvalue weighted by atomic mass is 10.3. The molecular weight excluding hydrogens is 160 g/mol. The molecule has 0 aliphatic heterocycles. The average Bonchev–Trinajstić information content (AvgIpc) is 2.13. The number of allylic oxidation sites excluding steroid dienone is 7. The highest BCUT2D eigenvalue weighted by molar-refractivity contribution is 5.20. The van der Waals surface area contributed by atoms with Gasteiger partial charge in [-0.2, -0.15) is 0 Å². The van der Waals surface area contributed by atoms with Crippen LogP contribution in [0.2, 0.25) is 0 Å². The van der Waals surface area contributed by atoms with E-state index in [2.05, 4.69) is 13.8 Å². The molecule has 0 fully saturated rings. The third-order valence-electron chi connectivity index (χ3n) is 1.39. The van der Waals surface area contributed by atoms with Gasteiger partial charge in [0.2, 0.25) is 0 Å². The molecule has 0 saturated carbocycles. The summed E-state index contributed by atoms with van der Waals surface area (Å²) in [6, 6.07) is 0. The van der Waals surface area contributed by atoms with Crippen molar-refractivity contribution < 1.29 is 5.11 Å². The minimum Gasteiger partial charge on any atom is -0.508 e. The third-order valence-corrected chi connectivity index (χ3v) is 1.39. The van der Waals surface area contributed by atoms with Crippen LogP contribution in [0.4, 0.5) is 0 Å². The van der Waals surface area contributed by atoms with Crippen LogP contribution >= 0.6 is 0 Å². The molecule has 0 heterocycles. The van der Waals surface area contributed by atoms with Gasteiger partial charge in [0.1, 0.15) is 5.76 Å². The molecule has 72 valence electrons. The van der Waals surface area contributed by atoms with E-state index in [4.69, 9.17) is 0 Å². The molecule has 0 atom stereocenters. The van der Waals surface area contributed by atoms with Crippen molar-refractivity contribution in [1.82, 2.24) is 0 Å². The minimum atomic E-state index is 0.283. The maximum Gasteiger partial charge on any atom is 0.115 e. The van der Waals surface area contributed by atoms with Gasteiger partial charge in [-0.15, -0.1) is 0 Å². The molecule has 0 saturated heterocycles. The quantitative estimate of drug-likeness (QED) is 0.499. The predicted molar refractivity (Wildman–Crippen MR) is 58.7 cm³/mol. The lowest BCUT2D eigenvalue weighted by molar-refractivity contribution is 0.432. The first-order chi connectivity index (χ1) is 6.31. The highest BCUT2D eigenvalue weighted by atomic mass is 16.3. The lowest BCUT2D eigenvalue weighted by Gasteiger charge is -1.85. The van der Waals surface area contributed by atoms with E-state index in [9.17, 15) is 5.11 Å². The van der Waals surface area contributed by atoms with E-state index >= 15 is 0 Å². The molecule has 0 rings (SSSR count). The van der Waals surface area contributed by atoms with E-state index in [1.807, 2.05) is 30.4 Å². The first-order valence-electron chi connectivity index (χ1n) is 4.70. The van der Waals surface area contributed by atoms with Gasteiger partial charge in [-0.3, -0.25) is 0 Å². The van der Waals surface area contributed by atoms with E-state index < -0.39 is 0 Å². The lowest BCUT2D eigenvalue weighted by Crippen LogP contribution is -1.70. The van der Waals surface area contributed by atoms with Crippen molar-refractivity contribution in [1.29, 1.82) is 0 Å². The third kappa shape index (κ3) is 8.67. The van der Waals surface area contributed by atoms with Gasteiger partial charge in [0.15, 0.2) is 0 Å². The number of rotatable bonds is 5. The molecule has 0 spiro atoms. The Bertz CT molecular complexity index is 219. The Balaban J connectivity index is 3.90. The van der Waals surface area contributed by atoms with Crippen LogP contribution < -0.4 is 0 Å². The maximum atomic E-state index is 9.26. The van der Waals surface area contributed by atoms with Gasteiger partial charge in [-0.25, -0.2) is 0 Å². The molecule has 0 unspecified atom stereocenters. The summed E-state index contributed by atoms with van der Waals surface area (Å²) < 4.78 is 0. The number of aliphatic hydroxyl groups excluding tert-OH is 1. The molecule has 0 aromatic heterocycles. The van der Waals surface area contributed by atoms with Gasteiger partial charge >= 0.3 is 0 Å². The standard InChI is InChI=1S/C12H18O/c1-3-5-7-9-11-12(13)10-8-6-4-2/h5-11,13H,3-4H2,1-2H3. The summed E-state index contributed by atoms with van der Waals surface area (Å²) in [5.74, 6) is 0.283. The van der Waals surface area contributed by atoms with Crippen LogP contribution in [0.15, 0.2) is 48.3 Å². The highest BCUT2D eigenvalue weighted by Crippen LogP contribution is 1.93. The van der Waals surface area contributed by atoms with E-state index in [0.29, 0.717) is 0 Å². The Morgan fingerprint density at radius 3 is 2.23 bits per heavy atom. The van der Waals surface area contributed by atoms with Gasteiger partial charge in [0.25, 0.3) is 0 Å². The van der Waals surface area contributed by atoms with Crippen LogP contribution in [-0.4, -0.2) is 5.11 Å². The number of hydrogen-bond donors (Lipinski definition) is 1. The first-order valence-corrected chi connectivity index (χ1v) is 4.70. The molecule has 0 bridgehead atoms. The van der Waals surface area contributed by atoms with Gasteiger partial charge in [-0.05, 0) is 25.0 Å². The van der Waals surface area contributed by atoms with Crippen LogP contribution in [0, 0.1) is 0 Å². The van der Waals surface area contributed by atoms with Crippen molar-refractivity contribution in [3.05, 3.63) is 48.3 Å². The largest absolute Gasteiger partial charge is 0.508 e. The summed E-state index contributed by atoms with van der Waals surface area (Å²) in [7, 11) is 0. The van der Waals surface area contributed by atoms with Crippen molar-refractivity contribution in [2.75, 3.05) is 0 Å². The number of hydrogen-bond acceptors (Lipinski definition) is 1. The van der Waals surface area contributed by atoms with E-state index in [1.165, 1.54) is 0 Å². The van der Waals surface area contributed by atoms with Gasteiger partial charge in [0.05, 0.1) is 0 Å². The molecule has 0 aromatic carbocycles. The Labute approximate surface area is 80.8 Å². The van der Waals surface area contributed by atoms with Crippen molar-refractivity contribution in [2.24, 2.45) is 0 Å². The summed E-state index contributed by atoms with van der Waals surface area (Å²) in [4.78, 5) is 0. The summed E-state index contributed by atoms with van der Waals surface area (Å²) in [5, 5.41) is 9.26. The van der Waals surface area contributed by atoms with E-state index in [-0.39, 0.29) is 5.76 Å². The summed E-state index contributed by atoms with van der Waals surface area (Å²) in [5.41, 5.74) is 0. The second-order valence-corrected chi connectivity index (χ2v) is 2.62. The second kappa shape index (κ2) is 8.85. The predicted octanol–water partition coefficient (Wildman–Crippen LogP) is 3.92. The Morgan fingerprint density at radius 2 is 1.62 bits per heavy atom. The second-order valence-electron chi connectivity index (χ2n) is 2.62. The fraction of sp³-hybridized carbons (Fsp3) is 0.333. The van der Waals surface area contributed by atoms with Crippen molar-refractivity contribution in [2.45, 2.75) is 26.7 Å². The molecule has 0 aromatic rings. The van der Waals surface area contributed by atoms with Gasteiger partial charge in [0, 0.05) is 0 Å². The summed E-state index contributed by atoms with van der Waals surface area (Å²) in [6.07, 6.45) is 15.0. The van der Waals surface area contributed by atoms with Crippen molar-refractivity contribution in [3.63, 3.8) is 0 Å². The Hall–Kier alpha value is -1.24. The SMILES string of the molecule is CCC=CC=CC(O)=CC=CCC. The van der Waals surface area contributed by atoms with Crippen LogP contribution in [0.25, 0.3) is 0 Å². The molecule has 0 aliphatic carbocycles. The smallest absolute Gasteiger partial charge is 0.115 e. The minimum absolute atomic E-state index is 0.283. The fourth-order valence-electron chi connectivity index (χ4n) is 0.727. The fourth-order valence-corrected chi connectivity index (χ4v) is 0.727. The molecule has 1 nitrogen and oxygen atoms in total. The van der Waals surface area contributed by atoms with Crippen LogP contribution in [0.3, 0.4) is 0 Å². The Morgan fingerprint density at radius 1 is 1.00 bits per heavy atom. The highest BCUT2D eigenvalue weighted by Gasteiger charge is 1.78. The first kappa shape index (κ1) is 11.8. The van der Waals surface area contributed by atoms with Gasteiger partial charge < -0.3 is 5.11 Å². The molecule has 0 amide bonds. The van der Waals surface area contributed by atoms with Crippen LogP contribution in [0.1, 0.15) is 26.7 Å². The zero-order valence-electron chi connectivity index (χ0n) is 8.40. The Kier molecular flexibility index (Phi) is 8.01. The molecular formula is C12H18O. The molecule has 1 N–H and O–H groups in total. The van der Waals surface area contributed by atoms with Crippen LogP contribution in [-0.2, 0) is 0 Å². The van der Waals surface area contributed by atoms with Crippen molar-refractivity contribution in [3.8, 4) is 0 Å². The zero-order chi connectivity index (χ0) is 9.94. The monoisotopic (exact) mass is 178 g/mol. The number of aliphatic hydroxyl groups is 1. The van der Waals surface area contributed by atoms with Crippen molar-refractivity contribution >= 4 is 0 Å². The summed E-state index contributed by atoms with van der Waals surface area (Å²) in [6.45, 7) is 4.13. The molecule has 0 radical (unpaired) electrons. The molecule has 13 heavy (non-hydrogen) atoms. The van der Waals surface area contributed by atoms with E-state index in [0.717, 1.165) is 12.8 Å². The van der Waals surface area contributed by atoms with Crippen LogP contribution in [0.5, 0.6) is 0 Å². The normalized spacial score (nSPS) is 13.8. The summed E-state index contributed by atoms with van der Waals surface area (Å²) >= 11 is 0. The van der Waals surface area contributed by atoms with E-state index in [1.54, 1.807) is 12.2 Å². The van der Waals surface area contributed by atoms with Gasteiger partial charge in [-0.1, -0.05) is 44.2 Å². The maximum absolute atomic E-state index is 9.26. The average molecular weight is 178 g/mol.